The summed E-state index contributed by atoms with van der Waals surface area (Å²) in [4.78, 5) is 2.18. The number of hydrogen-bond acceptors (Lipinski definition) is 2. The molecule has 0 aliphatic carbocycles. The number of rotatable bonds is 4. The van der Waals surface area contributed by atoms with E-state index in [0.717, 1.165) is 12.8 Å². The van der Waals surface area contributed by atoms with E-state index in [9.17, 15) is 0 Å². The molecule has 0 aliphatic heterocycles. The van der Waals surface area contributed by atoms with E-state index in [2.05, 4.69) is 32.0 Å². The van der Waals surface area contributed by atoms with Gasteiger partial charge in [0.05, 0.1) is 6.07 Å². The van der Waals surface area contributed by atoms with Crippen molar-refractivity contribution in [3.05, 3.63) is 0 Å². The molecule has 0 amide bonds. The quantitative estimate of drug-likeness (QED) is 0.593. The van der Waals surface area contributed by atoms with Gasteiger partial charge in [0.15, 0.2) is 0 Å². The maximum absolute atomic E-state index is 8.32. The minimum absolute atomic E-state index is 0.583. The molecule has 2 heteroatoms. The smallest absolute Gasteiger partial charge is 0.0622 e. The molecule has 0 saturated heterocycles. The normalized spacial score (nSPS) is 13.1. The van der Waals surface area contributed by atoms with Crippen LogP contribution in [0.1, 0.15) is 26.2 Å². The summed E-state index contributed by atoms with van der Waals surface area (Å²) in [5.74, 6) is 0. The third kappa shape index (κ3) is 3.47. The molecule has 0 rings (SSSR count). The highest BCUT2D eigenvalue weighted by molar-refractivity contribution is 4.74. The highest BCUT2D eigenvalue weighted by Gasteiger charge is 2.06. The Morgan fingerprint density at radius 2 is 2.10 bits per heavy atom. The minimum Gasteiger partial charge on any atom is -0.306 e. The fourth-order valence-electron chi connectivity index (χ4n) is 1.06. The molecule has 0 heterocycles. The van der Waals surface area contributed by atoms with Crippen LogP contribution < -0.4 is 0 Å². The van der Waals surface area contributed by atoms with Crippen molar-refractivity contribution in [2.24, 2.45) is 0 Å². The molecule has 0 bridgehead atoms. The van der Waals surface area contributed by atoms with Gasteiger partial charge in [0.2, 0.25) is 0 Å². The minimum atomic E-state index is 0.583. The third-order valence-corrected chi connectivity index (χ3v) is 1.79. The largest absolute Gasteiger partial charge is 0.306 e. The molecule has 0 fully saturated rings. The van der Waals surface area contributed by atoms with Gasteiger partial charge in [-0.1, -0.05) is 6.92 Å². The van der Waals surface area contributed by atoms with Gasteiger partial charge in [-0.25, -0.2) is 0 Å². The summed E-state index contributed by atoms with van der Waals surface area (Å²) in [6.07, 6.45) is 2.81. The molecule has 0 aliphatic rings. The van der Waals surface area contributed by atoms with Crippen molar-refractivity contribution in [3.8, 4) is 6.07 Å². The lowest BCUT2D eigenvalue weighted by molar-refractivity contribution is 0.273. The van der Waals surface area contributed by atoms with Crippen LogP contribution in [0.5, 0.6) is 0 Å². The van der Waals surface area contributed by atoms with E-state index in [4.69, 9.17) is 5.26 Å². The average Bonchev–Trinajstić information content (AvgIpc) is 1.89. The molecular formula is C8H16N2. The van der Waals surface area contributed by atoms with Crippen LogP contribution in [-0.4, -0.2) is 25.0 Å². The predicted octanol–water partition coefficient (Wildman–Crippen LogP) is 1.63. The van der Waals surface area contributed by atoms with Crippen molar-refractivity contribution in [2.75, 3.05) is 14.1 Å². The monoisotopic (exact) mass is 140 g/mol. The first-order chi connectivity index (χ1) is 4.72. The van der Waals surface area contributed by atoms with Gasteiger partial charge in [0.1, 0.15) is 0 Å². The predicted molar refractivity (Wildman–Crippen MR) is 42.6 cm³/mol. The molecule has 0 saturated carbocycles. The van der Waals surface area contributed by atoms with Gasteiger partial charge < -0.3 is 4.90 Å². The van der Waals surface area contributed by atoms with Crippen LogP contribution in [0.2, 0.25) is 0 Å². The standard InChI is InChI=1S/C8H16N2/c1-4-8(10(2)3)6-5-7-9/h8H,4-6H2,1-3H3. The van der Waals surface area contributed by atoms with Gasteiger partial charge in [0, 0.05) is 12.5 Å². The molecule has 2 nitrogen and oxygen atoms in total. The Morgan fingerprint density at radius 3 is 2.40 bits per heavy atom. The van der Waals surface area contributed by atoms with Gasteiger partial charge in [-0.05, 0) is 26.9 Å². The summed E-state index contributed by atoms with van der Waals surface area (Å²) < 4.78 is 0. The summed E-state index contributed by atoms with van der Waals surface area (Å²) in [5.41, 5.74) is 0. The van der Waals surface area contributed by atoms with Crippen LogP contribution in [0, 0.1) is 11.3 Å². The van der Waals surface area contributed by atoms with E-state index < -0.39 is 0 Å². The van der Waals surface area contributed by atoms with Gasteiger partial charge in [-0.3, -0.25) is 0 Å². The molecule has 1 unspecified atom stereocenters. The van der Waals surface area contributed by atoms with E-state index in [1.165, 1.54) is 0 Å². The van der Waals surface area contributed by atoms with Crippen molar-refractivity contribution in [1.29, 1.82) is 5.26 Å². The molecule has 1 atom stereocenters. The van der Waals surface area contributed by atoms with Crippen LogP contribution in [0.4, 0.5) is 0 Å². The van der Waals surface area contributed by atoms with Crippen molar-refractivity contribution in [1.82, 2.24) is 4.90 Å². The molecule has 0 aromatic heterocycles. The first kappa shape index (κ1) is 9.45. The zero-order valence-electron chi connectivity index (χ0n) is 7.09. The van der Waals surface area contributed by atoms with Crippen LogP contribution in [0.15, 0.2) is 0 Å². The van der Waals surface area contributed by atoms with Crippen LogP contribution >= 0.6 is 0 Å². The molecular weight excluding hydrogens is 124 g/mol. The van der Waals surface area contributed by atoms with Crippen LogP contribution in [0.25, 0.3) is 0 Å². The molecule has 0 aromatic rings. The molecule has 10 heavy (non-hydrogen) atoms. The zero-order valence-corrected chi connectivity index (χ0v) is 7.09. The van der Waals surface area contributed by atoms with E-state index >= 15 is 0 Å². The van der Waals surface area contributed by atoms with E-state index in [1.807, 2.05) is 0 Å². The van der Waals surface area contributed by atoms with Gasteiger partial charge >= 0.3 is 0 Å². The Morgan fingerprint density at radius 1 is 1.50 bits per heavy atom. The first-order valence-electron chi connectivity index (χ1n) is 3.75. The fraction of sp³-hybridized carbons (Fsp3) is 0.875. The van der Waals surface area contributed by atoms with E-state index in [1.54, 1.807) is 0 Å². The fourth-order valence-corrected chi connectivity index (χ4v) is 1.06. The Labute approximate surface area is 63.4 Å². The van der Waals surface area contributed by atoms with E-state index in [0.29, 0.717) is 12.5 Å². The van der Waals surface area contributed by atoms with Crippen molar-refractivity contribution >= 4 is 0 Å². The molecule has 0 aromatic carbocycles. The highest BCUT2D eigenvalue weighted by Crippen LogP contribution is 2.05. The Hall–Kier alpha value is -0.550. The van der Waals surface area contributed by atoms with Crippen molar-refractivity contribution < 1.29 is 0 Å². The second kappa shape index (κ2) is 5.25. The van der Waals surface area contributed by atoms with Crippen LogP contribution in [-0.2, 0) is 0 Å². The summed E-state index contributed by atoms with van der Waals surface area (Å²) in [6.45, 7) is 2.15. The lowest BCUT2D eigenvalue weighted by Crippen LogP contribution is -2.26. The molecule has 58 valence electrons. The topological polar surface area (TPSA) is 27.0 Å². The molecule has 0 radical (unpaired) electrons. The Balaban J connectivity index is 3.52. The summed E-state index contributed by atoms with van der Waals surface area (Å²) in [6, 6.07) is 2.74. The second-order valence-electron chi connectivity index (χ2n) is 2.72. The van der Waals surface area contributed by atoms with Crippen molar-refractivity contribution in [3.63, 3.8) is 0 Å². The van der Waals surface area contributed by atoms with E-state index in [-0.39, 0.29) is 0 Å². The first-order valence-corrected chi connectivity index (χ1v) is 3.75. The highest BCUT2D eigenvalue weighted by atomic mass is 15.1. The van der Waals surface area contributed by atoms with Crippen molar-refractivity contribution in [2.45, 2.75) is 32.2 Å². The number of nitrogens with zero attached hydrogens (tertiary/aromatic N) is 2. The van der Waals surface area contributed by atoms with Gasteiger partial charge in [-0.2, -0.15) is 5.26 Å². The maximum Gasteiger partial charge on any atom is 0.0622 e. The number of nitriles is 1. The third-order valence-electron chi connectivity index (χ3n) is 1.79. The van der Waals surface area contributed by atoms with Gasteiger partial charge in [0.25, 0.3) is 0 Å². The Bertz CT molecular complexity index is 113. The molecule has 0 N–H and O–H groups in total. The lowest BCUT2D eigenvalue weighted by atomic mass is 10.1. The second-order valence-corrected chi connectivity index (χ2v) is 2.72. The van der Waals surface area contributed by atoms with Gasteiger partial charge in [-0.15, -0.1) is 0 Å². The van der Waals surface area contributed by atoms with Crippen LogP contribution in [0.3, 0.4) is 0 Å². The maximum atomic E-state index is 8.32. The number of hydrogen-bond donors (Lipinski definition) is 0. The Kier molecular flexibility index (Phi) is 4.96. The summed E-state index contributed by atoms with van der Waals surface area (Å²) >= 11 is 0. The average molecular weight is 140 g/mol. The lowest BCUT2D eigenvalue weighted by Gasteiger charge is -2.21. The molecule has 0 spiro atoms. The summed E-state index contributed by atoms with van der Waals surface area (Å²) in [5, 5.41) is 8.32. The summed E-state index contributed by atoms with van der Waals surface area (Å²) in [7, 11) is 4.12. The zero-order chi connectivity index (χ0) is 7.98. The SMILES string of the molecule is CCC(CCC#N)N(C)C.